The van der Waals surface area contributed by atoms with E-state index < -0.39 is 0 Å². The third kappa shape index (κ3) is 1.86. The van der Waals surface area contributed by atoms with E-state index >= 15 is 0 Å². The van der Waals surface area contributed by atoms with Crippen LogP contribution in [0.1, 0.15) is 33.6 Å². The molecular formula is C10H16O. The van der Waals surface area contributed by atoms with Gasteiger partial charge in [-0.05, 0) is 29.9 Å². The van der Waals surface area contributed by atoms with Crippen LogP contribution in [0.2, 0.25) is 0 Å². The molecule has 0 unspecified atom stereocenters. The zero-order valence-electron chi connectivity index (χ0n) is 7.52. The minimum Gasteiger partial charge on any atom is -0.508 e. The summed E-state index contributed by atoms with van der Waals surface area (Å²) >= 11 is 0. The predicted molar refractivity (Wildman–Crippen MR) is 47.5 cm³/mol. The Kier molecular flexibility index (Phi) is 2.08. The number of hydrogen-bond acceptors (Lipinski definition) is 1. The molecule has 0 bridgehead atoms. The van der Waals surface area contributed by atoms with Crippen molar-refractivity contribution in [1.82, 2.24) is 0 Å². The molecule has 0 saturated heterocycles. The smallest absolute Gasteiger partial charge is 0.114 e. The van der Waals surface area contributed by atoms with Crippen molar-refractivity contribution in [3.63, 3.8) is 0 Å². The second-order valence-corrected chi connectivity index (χ2v) is 4.05. The van der Waals surface area contributed by atoms with Crippen LogP contribution in [0.25, 0.3) is 0 Å². The van der Waals surface area contributed by atoms with Gasteiger partial charge in [0.25, 0.3) is 0 Å². The Bertz CT molecular complexity index is 203. The molecule has 0 radical (unpaired) electrons. The standard InChI is InChI=1S/C10H16O/c1-10(2,3)8-6-4-5-7-9(8)11/h5,7,11H,4,6H2,1-3H3. The minimum atomic E-state index is 0.120. The Morgan fingerprint density at radius 1 is 1.36 bits per heavy atom. The highest BCUT2D eigenvalue weighted by atomic mass is 16.3. The maximum atomic E-state index is 9.50. The Hall–Kier alpha value is -0.720. The van der Waals surface area contributed by atoms with Gasteiger partial charge in [0.2, 0.25) is 0 Å². The molecule has 0 aromatic carbocycles. The van der Waals surface area contributed by atoms with Gasteiger partial charge in [0.15, 0.2) is 0 Å². The molecule has 1 aliphatic carbocycles. The molecule has 0 saturated carbocycles. The highest BCUT2D eigenvalue weighted by Crippen LogP contribution is 2.33. The largest absolute Gasteiger partial charge is 0.508 e. The highest BCUT2D eigenvalue weighted by Gasteiger charge is 2.21. The quantitative estimate of drug-likeness (QED) is 0.565. The van der Waals surface area contributed by atoms with Crippen molar-refractivity contribution in [2.45, 2.75) is 33.6 Å². The van der Waals surface area contributed by atoms with E-state index in [0.29, 0.717) is 5.76 Å². The first kappa shape index (κ1) is 8.38. The fourth-order valence-corrected chi connectivity index (χ4v) is 1.41. The van der Waals surface area contributed by atoms with Gasteiger partial charge in [0.1, 0.15) is 5.76 Å². The molecule has 0 aromatic rings. The number of hydrogen-bond donors (Lipinski definition) is 1. The number of aliphatic hydroxyl groups excluding tert-OH is 1. The SMILES string of the molecule is CC(C)(C)C1=C(O)C=CCC1. The summed E-state index contributed by atoms with van der Waals surface area (Å²) in [6, 6.07) is 0. The van der Waals surface area contributed by atoms with E-state index in [1.807, 2.05) is 12.2 Å². The molecule has 11 heavy (non-hydrogen) atoms. The molecule has 1 aliphatic rings. The van der Waals surface area contributed by atoms with Gasteiger partial charge in [0.05, 0.1) is 0 Å². The molecule has 62 valence electrons. The van der Waals surface area contributed by atoms with Crippen molar-refractivity contribution >= 4 is 0 Å². The fourth-order valence-electron chi connectivity index (χ4n) is 1.41. The normalized spacial score (nSPS) is 19.2. The van der Waals surface area contributed by atoms with E-state index in [0.717, 1.165) is 12.8 Å². The van der Waals surface area contributed by atoms with E-state index in [1.165, 1.54) is 5.57 Å². The van der Waals surface area contributed by atoms with Gasteiger partial charge < -0.3 is 5.11 Å². The Morgan fingerprint density at radius 3 is 2.36 bits per heavy atom. The zero-order valence-corrected chi connectivity index (χ0v) is 7.52. The number of aliphatic hydroxyl groups is 1. The van der Waals surface area contributed by atoms with E-state index in [4.69, 9.17) is 0 Å². The first-order valence-electron chi connectivity index (χ1n) is 4.11. The summed E-state index contributed by atoms with van der Waals surface area (Å²) in [7, 11) is 0. The van der Waals surface area contributed by atoms with E-state index in [1.54, 1.807) is 0 Å². The monoisotopic (exact) mass is 152 g/mol. The van der Waals surface area contributed by atoms with E-state index in [-0.39, 0.29) is 5.41 Å². The Balaban J connectivity index is 2.93. The molecule has 0 spiro atoms. The van der Waals surface area contributed by atoms with Gasteiger partial charge in [-0.25, -0.2) is 0 Å². The maximum Gasteiger partial charge on any atom is 0.114 e. The first-order valence-corrected chi connectivity index (χ1v) is 4.11. The van der Waals surface area contributed by atoms with Crippen molar-refractivity contribution < 1.29 is 5.11 Å². The molecular weight excluding hydrogens is 136 g/mol. The van der Waals surface area contributed by atoms with Gasteiger partial charge in [-0.2, -0.15) is 0 Å². The average Bonchev–Trinajstić information content (AvgIpc) is 1.86. The van der Waals surface area contributed by atoms with Crippen LogP contribution in [-0.2, 0) is 0 Å². The third-order valence-electron chi connectivity index (χ3n) is 2.05. The molecule has 0 amide bonds. The van der Waals surface area contributed by atoms with Gasteiger partial charge in [-0.15, -0.1) is 0 Å². The van der Waals surface area contributed by atoms with Gasteiger partial charge in [-0.1, -0.05) is 26.8 Å². The first-order chi connectivity index (χ1) is 5.02. The highest BCUT2D eigenvalue weighted by molar-refractivity contribution is 5.27. The van der Waals surface area contributed by atoms with Crippen LogP contribution >= 0.6 is 0 Å². The molecule has 1 rings (SSSR count). The van der Waals surface area contributed by atoms with Crippen molar-refractivity contribution in [2.24, 2.45) is 5.41 Å². The summed E-state index contributed by atoms with van der Waals surface area (Å²) in [6.07, 6.45) is 5.90. The summed E-state index contributed by atoms with van der Waals surface area (Å²) < 4.78 is 0. The van der Waals surface area contributed by atoms with Crippen LogP contribution in [0.15, 0.2) is 23.5 Å². The predicted octanol–water partition coefficient (Wildman–Crippen LogP) is 3.19. The van der Waals surface area contributed by atoms with E-state index in [9.17, 15) is 5.11 Å². The fraction of sp³-hybridized carbons (Fsp3) is 0.600. The number of allylic oxidation sites excluding steroid dienone is 3. The van der Waals surface area contributed by atoms with Crippen LogP contribution in [0, 0.1) is 5.41 Å². The Labute approximate surface area is 68.4 Å². The minimum absolute atomic E-state index is 0.120. The summed E-state index contributed by atoms with van der Waals surface area (Å²) in [4.78, 5) is 0. The van der Waals surface area contributed by atoms with Crippen LogP contribution in [-0.4, -0.2) is 5.11 Å². The second-order valence-electron chi connectivity index (χ2n) is 4.05. The lowest BCUT2D eigenvalue weighted by Gasteiger charge is -2.25. The second kappa shape index (κ2) is 2.72. The average molecular weight is 152 g/mol. The third-order valence-corrected chi connectivity index (χ3v) is 2.05. The number of rotatable bonds is 0. The topological polar surface area (TPSA) is 20.2 Å². The summed E-state index contributed by atoms with van der Waals surface area (Å²) in [6.45, 7) is 6.41. The summed E-state index contributed by atoms with van der Waals surface area (Å²) in [5.74, 6) is 0.476. The molecule has 0 atom stereocenters. The molecule has 0 heterocycles. The lowest BCUT2D eigenvalue weighted by atomic mass is 9.81. The lowest BCUT2D eigenvalue weighted by molar-refractivity contribution is 0.377. The molecule has 1 nitrogen and oxygen atoms in total. The molecule has 1 N–H and O–H groups in total. The van der Waals surface area contributed by atoms with Crippen LogP contribution in [0.4, 0.5) is 0 Å². The van der Waals surface area contributed by atoms with Crippen LogP contribution in [0.5, 0.6) is 0 Å². The molecule has 0 aliphatic heterocycles. The van der Waals surface area contributed by atoms with Gasteiger partial charge >= 0.3 is 0 Å². The van der Waals surface area contributed by atoms with E-state index in [2.05, 4.69) is 20.8 Å². The van der Waals surface area contributed by atoms with Crippen LogP contribution < -0.4 is 0 Å². The van der Waals surface area contributed by atoms with Gasteiger partial charge in [0, 0.05) is 0 Å². The Morgan fingerprint density at radius 2 is 2.00 bits per heavy atom. The van der Waals surface area contributed by atoms with Crippen molar-refractivity contribution in [3.8, 4) is 0 Å². The van der Waals surface area contributed by atoms with Crippen molar-refractivity contribution in [3.05, 3.63) is 23.5 Å². The van der Waals surface area contributed by atoms with Crippen molar-refractivity contribution in [1.29, 1.82) is 0 Å². The van der Waals surface area contributed by atoms with Crippen LogP contribution in [0.3, 0.4) is 0 Å². The summed E-state index contributed by atoms with van der Waals surface area (Å²) in [5.41, 5.74) is 1.30. The van der Waals surface area contributed by atoms with Crippen molar-refractivity contribution in [2.75, 3.05) is 0 Å². The zero-order chi connectivity index (χ0) is 8.48. The lowest BCUT2D eigenvalue weighted by Crippen LogP contribution is -2.13. The maximum absolute atomic E-state index is 9.50. The molecule has 0 fully saturated rings. The van der Waals surface area contributed by atoms with Gasteiger partial charge in [-0.3, -0.25) is 0 Å². The molecule has 1 heteroatoms. The summed E-state index contributed by atoms with van der Waals surface area (Å²) in [5, 5.41) is 9.50. The molecule has 0 aromatic heterocycles.